The topological polar surface area (TPSA) is 136 Å². The molecular formula is C28H24BBrN6O4. The van der Waals surface area contributed by atoms with Gasteiger partial charge in [0.2, 0.25) is 0 Å². The Balaban J connectivity index is 0.000000148. The maximum atomic E-state index is 8.55. The van der Waals surface area contributed by atoms with E-state index in [2.05, 4.69) is 45.8 Å². The maximum absolute atomic E-state index is 8.55. The average molecular weight is 599 g/mol. The molecular weight excluding hydrogens is 575 g/mol. The second-order valence-corrected chi connectivity index (χ2v) is 9.01. The molecule has 200 valence electrons. The molecule has 0 atom stereocenters. The highest BCUT2D eigenvalue weighted by atomic mass is 79.9. The van der Waals surface area contributed by atoms with Crippen LogP contribution in [0.1, 0.15) is 0 Å². The van der Waals surface area contributed by atoms with Gasteiger partial charge in [0.15, 0.2) is 0 Å². The fraction of sp³-hybridized carbons (Fsp3) is 0.0714. The zero-order valence-corrected chi connectivity index (χ0v) is 23.2. The molecule has 0 spiro atoms. The molecule has 6 aromatic rings. The molecule has 2 N–H and O–H groups in total. The molecule has 12 heteroatoms. The lowest BCUT2D eigenvalue weighted by molar-refractivity contribution is 0.418. The SMILES string of the molecule is COc1cc(-c2ccncc2)cc2cncnc12.COc1cc(Br)cc2cncnc12.OB(O)c1ccncc1. The van der Waals surface area contributed by atoms with Crippen molar-refractivity contribution >= 4 is 50.3 Å². The van der Waals surface area contributed by atoms with Crippen LogP contribution in [0.25, 0.3) is 32.9 Å². The van der Waals surface area contributed by atoms with Gasteiger partial charge in [0.1, 0.15) is 35.2 Å². The molecule has 0 saturated carbocycles. The van der Waals surface area contributed by atoms with Gasteiger partial charge in [-0.1, -0.05) is 15.9 Å². The Morgan fingerprint density at radius 2 is 1.18 bits per heavy atom. The van der Waals surface area contributed by atoms with E-state index in [0.29, 0.717) is 5.46 Å². The number of hydrogen-bond acceptors (Lipinski definition) is 10. The number of pyridine rings is 2. The van der Waals surface area contributed by atoms with Crippen molar-refractivity contribution in [2.75, 3.05) is 14.2 Å². The van der Waals surface area contributed by atoms with E-state index in [9.17, 15) is 0 Å². The van der Waals surface area contributed by atoms with Gasteiger partial charge >= 0.3 is 7.12 Å². The van der Waals surface area contributed by atoms with Crippen molar-refractivity contribution in [1.82, 2.24) is 29.9 Å². The van der Waals surface area contributed by atoms with Gasteiger partial charge in [-0.15, -0.1) is 0 Å². The smallest absolute Gasteiger partial charge is 0.488 e. The summed E-state index contributed by atoms with van der Waals surface area (Å²) in [6.07, 6.45) is 13.1. The molecule has 4 aromatic heterocycles. The van der Waals surface area contributed by atoms with Gasteiger partial charge in [-0.2, -0.15) is 0 Å². The predicted octanol–water partition coefficient (Wildman–Crippen LogP) is 3.86. The highest BCUT2D eigenvalue weighted by Gasteiger charge is 2.08. The molecule has 0 radical (unpaired) electrons. The van der Waals surface area contributed by atoms with E-state index < -0.39 is 7.12 Å². The monoisotopic (exact) mass is 598 g/mol. The lowest BCUT2D eigenvalue weighted by atomic mass is 9.81. The Morgan fingerprint density at radius 1 is 0.650 bits per heavy atom. The van der Waals surface area contributed by atoms with E-state index >= 15 is 0 Å². The number of benzene rings is 2. The van der Waals surface area contributed by atoms with Crippen molar-refractivity contribution in [2.24, 2.45) is 0 Å². The molecule has 0 aliphatic heterocycles. The Morgan fingerprint density at radius 3 is 1.70 bits per heavy atom. The summed E-state index contributed by atoms with van der Waals surface area (Å²) in [5.41, 5.74) is 4.28. The first-order chi connectivity index (χ1) is 19.5. The molecule has 6 rings (SSSR count). The summed E-state index contributed by atoms with van der Waals surface area (Å²) in [4.78, 5) is 24.1. The van der Waals surface area contributed by atoms with Crippen molar-refractivity contribution < 1.29 is 19.5 Å². The van der Waals surface area contributed by atoms with Crippen LogP contribution in [-0.2, 0) is 0 Å². The van der Waals surface area contributed by atoms with Crippen LogP contribution in [0.5, 0.6) is 11.5 Å². The molecule has 0 saturated heterocycles. The molecule has 0 bridgehead atoms. The summed E-state index contributed by atoms with van der Waals surface area (Å²) < 4.78 is 11.5. The third kappa shape index (κ3) is 7.32. The Labute approximate surface area is 239 Å². The molecule has 2 aromatic carbocycles. The first kappa shape index (κ1) is 28.5. The number of aromatic nitrogens is 6. The summed E-state index contributed by atoms with van der Waals surface area (Å²) >= 11 is 3.39. The minimum absolute atomic E-state index is 0.463. The van der Waals surface area contributed by atoms with E-state index in [0.717, 1.165) is 48.9 Å². The molecule has 0 amide bonds. The van der Waals surface area contributed by atoms with E-state index in [1.54, 1.807) is 51.1 Å². The summed E-state index contributed by atoms with van der Waals surface area (Å²) in [7, 11) is 1.89. The first-order valence-corrected chi connectivity index (χ1v) is 12.7. The molecule has 0 fully saturated rings. The van der Waals surface area contributed by atoms with E-state index in [1.807, 2.05) is 36.4 Å². The van der Waals surface area contributed by atoms with Gasteiger partial charge < -0.3 is 19.5 Å². The van der Waals surface area contributed by atoms with Crippen LogP contribution >= 0.6 is 15.9 Å². The normalized spacial score (nSPS) is 10.1. The Bertz CT molecular complexity index is 1680. The van der Waals surface area contributed by atoms with E-state index in [4.69, 9.17) is 19.5 Å². The highest BCUT2D eigenvalue weighted by molar-refractivity contribution is 9.10. The minimum Gasteiger partial charge on any atom is -0.494 e. The fourth-order valence-electron chi connectivity index (χ4n) is 3.66. The number of fused-ring (bicyclic) bond motifs is 2. The van der Waals surface area contributed by atoms with Crippen molar-refractivity contribution in [3.05, 3.63) is 103 Å². The molecule has 0 unspecified atom stereocenters. The highest BCUT2D eigenvalue weighted by Crippen LogP contribution is 2.30. The minimum atomic E-state index is -1.38. The summed E-state index contributed by atoms with van der Waals surface area (Å²) in [6.45, 7) is 0. The van der Waals surface area contributed by atoms with Gasteiger partial charge in [-0.25, -0.2) is 19.9 Å². The lowest BCUT2D eigenvalue weighted by Gasteiger charge is -2.08. The Kier molecular flexibility index (Phi) is 10.00. The number of halogens is 1. The van der Waals surface area contributed by atoms with Gasteiger partial charge in [0, 0.05) is 52.4 Å². The van der Waals surface area contributed by atoms with Crippen molar-refractivity contribution in [3.8, 4) is 22.6 Å². The zero-order valence-electron chi connectivity index (χ0n) is 21.6. The molecule has 10 nitrogen and oxygen atoms in total. The van der Waals surface area contributed by atoms with Crippen LogP contribution in [0.15, 0.2) is 103 Å². The third-order valence-electron chi connectivity index (χ3n) is 5.57. The van der Waals surface area contributed by atoms with Gasteiger partial charge in [0.25, 0.3) is 0 Å². The standard InChI is InChI=1S/C14H11N3O.C9H7BrN2O.C5H6BNO2/c1-18-13-7-11(10-2-4-15-5-3-10)6-12-8-16-9-17-14(12)13;1-13-8-3-7(10)2-6-4-11-5-12-9(6)8;8-6(9)5-1-3-7-4-2-5/h2-9H,1H3;2-5H,1H3;1-4,8-9H. The van der Waals surface area contributed by atoms with Crippen LogP contribution in [0.4, 0.5) is 0 Å². The maximum Gasteiger partial charge on any atom is 0.488 e. The zero-order chi connectivity index (χ0) is 28.3. The summed E-state index contributed by atoms with van der Waals surface area (Å²) in [5.74, 6) is 1.51. The van der Waals surface area contributed by atoms with Crippen LogP contribution in [-0.4, -0.2) is 61.3 Å². The van der Waals surface area contributed by atoms with Crippen LogP contribution in [0.2, 0.25) is 0 Å². The molecule has 4 heterocycles. The number of rotatable bonds is 4. The number of hydrogen-bond donors (Lipinski definition) is 2. The average Bonchev–Trinajstić information content (AvgIpc) is 3.01. The first-order valence-electron chi connectivity index (χ1n) is 11.9. The lowest BCUT2D eigenvalue weighted by Crippen LogP contribution is -2.29. The second kappa shape index (κ2) is 14.0. The largest absolute Gasteiger partial charge is 0.494 e. The Hall–Kier alpha value is -4.52. The van der Waals surface area contributed by atoms with Crippen LogP contribution in [0.3, 0.4) is 0 Å². The summed E-state index contributed by atoms with van der Waals surface area (Å²) in [5, 5.41) is 19.0. The van der Waals surface area contributed by atoms with E-state index in [1.165, 1.54) is 25.0 Å². The van der Waals surface area contributed by atoms with Crippen molar-refractivity contribution in [2.45, 2.75) is 0 Å². The summed E-state index contributed by atoms with van der Waals surface area (Å²) in [6, 6.07) is 14.9. The molecule has 0 aliphatic rings. The van der Waals surface area contributed by atoms with Crippen LogP contribution < -0.4 is 14.9 Å². The number of ether oxygens (including phenoxy) is 2. The quantitative estimate of drug-likeness (QED) is 0.288. The van der Waals surface area contributed by atoms with Crippen LogP contribution in [0, 0.1) is 0 Å². The van der Waals surface area contributed by atoms with Crippen molar-refractivity contribution in [3.63, 3.8) is 0 Å². The number of methoxy groups -OCH3 is 2. The van der Waals surface area contributed by atoms with Crippen molar-refractivity contribution in [1.29, 1.82) is 0 Å². The van der Waals surface area contributed by atoms with Gasteiger partial charge in [-0.3, -0.25) is 9.97 Å². The predicted molar refractivity (Wildman–Crippen MR) is 157 cm³/mol. The van der Waals surface area contributed by atoms with Gasteiger partial charge in [0.05, 0.1) is 14.2 Å². The molecule has 40 heavy (non-hydrogen) atoms. The second-order valence-electron chi connectivity index (χ2n) is 8.10. The molecule has 0 aliphatic carbocycles. The van der Waals surface area contributed by atoms with Gasteiger partial charge in [-0.05, 0) is 65.1 Å². The fourth-order valence-corrected chi connectivity index (χ4v) is 4.12. The third-order valence-corrected chi connectivity index (χ3v) is 6.02. The van der Waals surface area contributed by atoms with E-state index in [-0.39, 0.29) is 0 Å². The number of nitrogens with zero attached hydrogens (tertiary/aromatic N) is 6.